The van der Waals surface area contributed by atoms with Crippen molar-refractivity contribution in [2.75, 3.05) is 18.0 Å². The Labute approximate surface area is 196 Å². The molecule has 34 heavy (non-hydrogen) atoms. The van der Waals surface area contributed by atoms with Gasteiger partial charge in [0, 0.05) is 38.3 Å². The molecule has 0 radical (unpaired) electrons. The van der Waals surface area contributed by atoms with E-state index in [4.69, 9.17) is 0 Å². The van der Waals surface area contributed by atoms with Crippen LogP contribution in [-0.2, 0) is 7.05 Å². The summed E-state index contributed by atoms with van der Waals surface area (Å²) < 4.78 is 41.7. The van der Waals surface area contributed by atoms with Crippen LogP contribution >= 0.6 is 0 Å². The van der Waals surface area contributed by atoms with Gasteiger partial charge >= 0.3 is 11.9 Å². The smallest absolute Gasteiger partial charge is 0.349 e. The monoisotopic (exact) mass is 474 g/mol. The maximum absolute atomic E-state index is 13.4. The second kappa shape index (κ2) is 7.41. The van der Waals surface area contributed by atoms with E-state index in [2.05, 4.69) is 33.6 Å². The minimum atomic E-state index is -4.11. The Kier molecular flexibility index (Phi) is 5.03. The molecule has 182 valence electrons. The molecular formula is C24H29F3N6O. The lowest BCUT2D eigenvalue weighted by Crippen LogP contribution is -2.76. The van der Waals surface area contributed by atoms with E-state index in [0.717, 1.165) is 6.42 Å². The Bertz CT molecular complexity index is 1230. The van der Waals surface area contributed by atoms with Gasteiger partial charge in [0.05, 0.1) is 10.9 Å². The maximum Gasteiger partial charge on any atom is 0.394 e. The number of alkyl halides is 3. The molecule has 10 heteroatoms. The second-order valence-electron chi connectivity index (χ2n) is 10.6. The fraction of sp³-hybridized carbons (Fsp3) is 0.667. The highest BCUT2D eigenvalue weighted by Crippen LogP contribution is 2.80. The van der Waals surface area contributed by atoms with Gasteiger partial charge in [0.25, 0.3) is 0 Å². The third-order valence-electron chi connectivity index (χ3n) is 8.52. The first-order valence-corrected chi connectivity index (χ1v) is 11.8. The number of fused-ring (bicyclic) bond motifs is 1. The van der Waals surface area contributed by atoms with E-state index < -0.39 is 17.3 Å². The Morgan fingerprint density at radius 2 is 1.85 bits per heavy atom. The van der Waals surface area contributed by atoms with E-state index >= 15 is 0 Å². The zero-order valence-corrected chi connectivity index (χ0v) is 19.9. The quantitative estimate of drug-likeness (QED) is 0.674. The topological polar surface area (TPSA) is 78.0 Å². The maximum atomic E-state index is 13.4. The summed E-state index contributed by atoms with van der Waals surface area (Å²) in [5.41, 5.74) is -0.719. The standard InChI is InChI=1S/C24H29F3N6O/c1-5-18(22-11-23(12-22,13-22)24(25,26)27)32-9-15(3)33(10-14(32)2)20-19-17(31(4)21(34)30-20)7-6-16(8-28)29-19/h6-7,14-15,18H,5,9-13H2,1-4H3/t14?,15-,18?,22?,23?/m0/s1. The SMILES string of the molecule is CCC(N1C[C@H](C)N(c2nc(=O)n(C)c3ccc(C#N)nc23)CC1C)C12CC(C(F)(F)F)(C1)C2. The lowest BCUT2D eigenvalue weighted by molar-refractivity contribution is -0.376. The van der Waals surface area contributed by atoms with E-state index in [0.29, 0.717) is 29.9 Å². The number of rotatable bonds is 4. The zero-order chi connectivity index (χ0) is 24.6. The summed E-state index contributed by atoms with van der Waals surface area (Å²) in [5.74, 6) is 0.462. The lowest BCUT2D eigenvalue weighted by atomic mass is 9.32. The fourth-order valence-electron chi connectivity index (χ4n) is 6.89. The summed E-state index contributed by atoms with van der Waals surface area (Å²) in [6.07, 6.45) is -2.57. The van der Waals surface area contributed by atoms with Gasteiger partial charge in [-0.25, -0.2) is 9.78 Å². The average Bonchev–Trinajstić information content (AvgIpc) is 2.72. The number of hydrogen-bond acceptors (Lipinski definition) is 6. The number of pyridine rings is 1. The zero-order valence-electron chi connectivity index (χ0n) is 19.9. The number of halogens is 3. The molecule has 0 aromatic carbocycles. The van der Waals surface area contributed by atoms with E-state index in [-0.39, 0.29) is 48.5 Å². The van der Waals surface area contributed by atoms with Crippen molar-refractivity contribution in [2.24, 2.45) is 17.9 Å². The molecule has 0 N–H and O–H groups in total. The van der Waals surface area contributed by atoms with Gasteiger partial charge in [-0.15, -0.1) is 0 Å². The van der Waals surface area contributed by atoms with Crippen LogP contribution in [0.4, 0.5) is 19.0 Å². The normalized spacial score (nSPS) is 32.1. The van der Waals surface area contributed by atoms with Gasteiger partial charge in [0.15, 0.2) is 5.82 Å². The van der Waals surface area contributed by atoms with Gasteiger partial charge in [0.2, 0.25) is 0 Å². The van der Waals surface area contributed by atoms with E-state index in [1.54, 1.807) is 19.2 Å². The Morgan fingerprint density at radius 3 is 2.44 bits per heavy atom. The molecule has 1 saturated heterocycles. The van der Waals surface area contributed by atoms with Gasteiger partial charge < -0.3 is 4.90 Å². The molecule has 3 aliphatic carbocycles. The molecule has 2 bridgehead atoms. The Balaban J connectivity index is 1.43. The van der Waals surface area contributed by atoms with Crippen molar-refractivity contribution in [1.82, 2.24) is 19.4 Å². The molecule has 4 fully saturated rings. The third kappa shape index (κ3) is 3.09. The number of aryl methyl sites for hydroxylation is 1. The van der Waals surface area contributed by atoms with Gasteiger partial charge in [-0.1, -0.05) is 6.92 Å². The molecule has 3 saturated carbocycles. The summed E-state index contributed by atoms with van der Waals surface area (Å²) in [5, 5.41) is 9.32. The summed E-state index contributed by atoms with van der Waals surface area (Å²) >= 11 is 0. The molecule has 0 amide bonds. The highest BCUT2D eigenvalue weighted by Gasteiger charge is 2.80. The van der Waals surface area contributed by atoms with Crippen LogP contribution in [0, 0.1) is 22.2 Å². The van der Waals surface area contributed by atoms with Crippen molar-refractivity contribution in [3.05, 3.63) is 28.3 Å². The molecule has 6 rings (SSSR count). The molecule has 2 aromatic rings. The molecule has 3 atom stereocenters. The Hall–Kier alpha value is -2.67. The van der Waals surface area contributed by atoms with Crippen molar-refractivity contribution in [3.63, 3.8) is 0 Å². The summed E-state index contributed by atoms with van der Waals surface area (Å²) in [6.45, 7) is 7.44. The van der Waals surface area contributed by atoms with Gasteiger partial charge in [0.1, 0.15) is 17.3 Å². The molecule has 3 heterocycles. The van der Waals surface area contributed by atoms with E-state index in [1.165, 1.54) is 4.57 Å². The molecular weight excluding hydrogens is 445 g/mol. The third-order valence-corrected chi connectivity index (χ3v) is 8.52. The number of hydrogen-bond donors (Lipinski definition) is 0. The fourth-order valence-corrected chi connectivity index (χ4v) is 6.89. The summed E-state index contributed by atoms with van der Waals surface area (Å²) in [7, 11) is 1.63. The lowest BCUT2D eigenvalue weighted by Gasteiger charge is -2.74. The molecule has 1 aliphatic heterocycles. The predicted molar refractivity (Wildman–Crippen MR) is 121 cm³/mol. The van der Waals surface area contributed by atoms with Crippen molar-refractivity contribution in [3.8, 4) is 6.07 Å². The van der Waals surface area contributed by atoms with Crippen molar-refractivity contribution in [1.29, 1.82) is 5.26 Å². The largest absolute Gasteiger partial charge is 0.394 e. The van der Waals surface area contributed by atoms with Crippen molar-refractivity contribution in [2.45, 2.75) is 70.8 Å². The van der Waals surface area contributed by atoms with E-state index in [9.17, 15) is 23.2 Å². The van der Waals surface area contributed by atoms with Gasteiger partial charge in [-0.3, -0.25) is 9.47 Å². The predicted octanol–water partition coefficient (Wildman–Crippen LogP) is 3.61. The number of anilines is 1. The van der Waals surface area contributed by atoms with Crippen LogP contribution < -0.4 is 10.6 Å². The highest BCUT2D eigenvalue weighted by molar-refractivity contribution is 5.86. The summed E-state index contributed by atoms with van der Waals surface area (Å²) in [4.78, 5) is 25.8. The second-order valence-corrected chi connectivity index (χ2v) is 10.6. The molecule has 7 nitrogen and oxygen atoms in total. The number of nitriles is 1. The molecule has 4 aliphatic rings. The van der Waals surface area contributed by atoms with Crippen molar-refractivity contribution >= 4 is 16.9 Å². The van der Waals surface area contributed by atoms with Crippen molar-refractivity contribution < 1.29 is 13.2 Å². The number of aromatic nitrogens is 3. The molecule has 2 unspecified atom stereocenters. The van der Waals surface area contributed by atoms with Gasteiger partial charge in [-0.05, 0) is 57.1 Å². The minimum absolute atomic E-state index is 0.0236. The van der Waals surface area contributed by atoms with Crippen LogP contribution in [-0.4, -0.2) is 56.8 Å². The minimum Gasteiger partial charge on any atom is -0.349 e. The molecule has 0 spiro atoms. The summed E-state index contributed by atoms with van der Waals surface area (Å²) in [6, 6.07) is 5.49. The first-order chi connectivity index (χ1) is 15.9. The highest BCUT2D eigenvalue weighted by atomic mass is 19.4. The van der Waals surface area contributed by atoms with Crippen LogP contribution in [0.2, 0.25) is 0 Å². The van der Waals surface area contributed by atoms with E-state index in [1.807, 2.05) is 13.0 Å². The van der Waals surface area contributed by atoms with Crippen LogP contribution in [0.3, 0.4) is 0 Å². The van der Waals surface area contributed by atoms with Gasteiger partial charge in [-0.2, -0.15) is 23.4 Å². The first-order valence-electron chi connectivity index (χ1n) is 11.8. The number of nitrogens with zero attached hydrogens (tertiary/aromatic N) is 6. The first kappa shape index (κ1) is 23.1. The van der Waals surface area contributed by atoms with Crippen LogP contribution in [0.25, 0.3) is 11.0 Å². The van der Waals surface area contributed by atoms with Crippen LogP contribution in [0.1, 0.15) is 52.1 Å². The average molecular weight is 475 g/mol. The Morgan fingerprint density at radius 1 is 1.18 bits per heavy atom. The van der Waals surface area contributed by atoms with Crippen LogP contribution in [0.5, 0.6) is 0 Å². The van der Waals surface area contributed by atoms with Crippen LogP contribution in [0.15, 0.2) is 16.9 Å². The number of piperazine rings is 1. The molecule has 2 aromatic heterocycles.